The summed E-state index contributed by atoms with van der Waals surface area (Å²) in [5, 5.41) is 9.27. The molecule has 2 aromatic carbocycles. The van der Waals surface area contributed by atoms with Gasteiger partial charge in [-0.05, 0) is 60.9 Å². The van der Waals surface area contributed by atoms with Crippen molar-refractivity contribution in [3.05, 3.63) is 59.2 Å². The summed E-state index contributed by atoms with van der Waals surface area (Å²) in [6, 6.07) is 12.1. The second-order valence-corrected chi connectivity index (χ2v) is 8.80. The summed E-state index contributed by atoms with van der Waals surface area (Å²) in [6.45, 7) is 3.88. The van der Waals surface area contributed by atoms with E-state index in [4.69, 9.17) is 14.2 Å². The van der Waals surface area contributed by atoms with Crippen LogP contribution in [-0.2, 0) is 26.0 Å². The van der Waals surface area contributed by atoms with Gasteiger partial charge in [-0.15, -0.1) is 0 Å². The first-order valence-electron chi connectivity index (χ1n) is 9.62. The number of hydrogen-bond donors (Lipinski definition) is 1. The average molecular weight is 432 g/mol. The van der Waals surface area contributed by atoms with Gasteiger partial charge in [-0.2, -0.15) is 0 Å². The fraction of sp³-hybridized carbons (Fsp3) is 0.318. The number of rotatable bonds is 9. The van der Waals surface area contributed by atoms with E-state index in [9.17, 15) is 18.3 Å². The molecule has 0 fully saturated rings. The summed E-state index contributed by atoms with van der Waals surface area (Å²) in [5.41, 5.74) is 1.31. The van der Waals surface area contributed by atoms with Crippen LogP contribution in [0.15, 0.2) is 52.9 Å². The molecule has 1 aliphatic heterocycles. The molecule has 30 heavy (non-hydrogen) atoms. The predicted molar refractivity (Wildman–Crippen MR) is 111 cm³/mol. The monoisotopic (exact) mass is 432 g/mol. The smallest absolute Gasteiger partial charge is 0.331 e. The first-order valence-corrected chi connectivity index (χ1v) is 11.3. The van der Waals surface area contributed by atoms with Crippen LogP contribution in [0.1, 0.15) is 24.5 Å². The van der Waals surface area contributed by atoms with Crippen molar-refractivity contribution < 1.29 is 32.5 Å². The van der Waals surface area contributed by atoms with E-state index in [0.717, 1.165) is 11.3 Å². The first-order chi connectivity index (χ1) is 14.4. The lowest BCUT2D eigenvalue weighted by atomic mass is 10.1. The Hall–Kier alpha value is -2.84. The Balaban J connectivity index is 1.68. The molecule has 0 aromatic heterocycles. The number of aliphatic carboxylic acids is 1. The molecule has 0 unspecified atom stereocenters. The van der Waals surface area contributed by atoms with Gasteiger partial charge in [0.25, 0.3) is 0 Å². The molecule has 0 saturated heterocycles. The van der Waals surface area contributed by atoms with E-state index in [0.29, 0.717) is 31.1 Å². The summed E-state index contributed by atoms with van der Waals surface area (Å²) in [4.78, 5) is 11.5. The van der Waals surface area contributed by atoms with Crippen molar-refractivity contribution in [1.82, 2.24) is 0 Å². The minimum absolute atomic E-state index is 0.0263. The maximum atomic E-state index is 12.4. The van der Waals surface area contributed by atoms with Crippen LogP contribution in [0.4, 0.5) is 0 Å². The third kappa shape index (κ3) is 5.61. The molecule has 0 saturated carbocycles. The van der Waals surface area contributed by atoms with Gasteiger partial charge in [0.1, 0.15) is 24.7 Å². The molecule has 2 aromatic rings. The zero-order valence-corrected chi connectivity index (χ0v) is 17.5. The number of benzene rings is 2. The van der Waals surface area contributed by atoms with Crippen LogP contribution in [0.25, 0.3) is 6.08 Å². The molecule has 0 spiro atoms. The Labute approximate surface area is 175 Å². The quantitative estimate of drug-likeness (QED) is 0.607. The van der Waals surface area contributed by atoms with Gasteiger partial charge >= 0.3 is 5.97 Å². The molecule has 1 N–H and O–H groups in total. The van der Waals surface area contributed by atoms with Crippen molar-refractivity contribution in [3.8, 4) is 11.5 Å². The highest BCUT2D eigenvalue weighted by molar-refractivity contribution is 7.91. The highest BCUT2D eigenvalue weighted by Crippen LogP contribution is 2.30. The highest BCUT2D eigenvalue weighted by atomic mass is 32.2. The minimum atomic E-state index is -3.54. The van der Waals surface area contributed by atoms with Crippen molar-refractivity contribution in [3.63, 3.8) is 0 Å². The van der Waals surface area contributed by atoms with Gasteiger partial charge in [-0.3, -0.25) is 0 Å². The average Bonchev–Trinajstić information content (AvgIpc) is 2.86. The SMILES string of the molecule is CCOCCOc1ccc(COc2ccc3c(c2)C=C(C(=O)O)CCS3(=O)=O)cc1. The first kappa shape index (κ1) is 21.9. The second kappa shape index (κ2) is 9.77. The molecule has 0 bridgehead atoms. The molecule has 1 aliphatic rings. The van der Waals surface area contributed by atoms with Crippen molar-refractivity contribution in [1.29, 1.82) is 0 Å². The standard InChI is InChI=1S/C22H24O7S/c1-2-27-10-11-28-19-5-3-16(4-6-19)15-29-20-7-8-21-18(14-20)13-17(22(23)24)9-12-30(21,25)26/h3-8,13-14H,2,9-12,15H2,1H3,(H,23,24). The van der Waals surface area contributed by atoms with Crippen molar-refractivity contribution in [2.24, 2.45) is 0 Å². The lowest BCUT2D eigenvalue weighted by Crippen LogP contribution is -2.08. The number of hydrogen-bond acceptors (Lipinski definition) is 6. The number of carboxylic acid groups (broad SMARTS) is 1. The molecule has 160 valence electrons. The molecule has 3 rings (SSSR count). The van der Waals surface area contributed by atoms with E-state index in [1.165, 1.54) is 12.1 Å². The Bertz CT molecular complexity index is 1020. The summed E-state index contributed by atoms with van der Waals surface area (Å²) >= 11 is 0. The normalized spacial score (nSPS) is 14.9. The van der Waals surface area contributed by atoms with Gasteiger partial charge in [0.05, 0.1) is 17.3 Å². The predicted octanol–water partition coefficient (Wildman–Crippen LogP) is 3.33. The van der Waals surface area contributed by atoms with Gasteiger partial charge in [-0.1, -0.05) is 12.1 Å². The van der Waals surface area contributed by atoms with E-state index in [1.54, 1.807) is 12.1 Å². The van der Waals surface area contributed by atoms with Crippen molar-refractivity contribution >= 4 is 21.9 Å². The van der Waals surface area contributed by atoms with E-state index < -0.39 is 15.8 Å². The number of carboxylic acids is 1. The van der Waals surface area contributed by atoms with Crippen LogP contribution in [0.3, 0.4) is 0 Å². The Kier molecular flexibility index (Phi) is 7.12. The maximum absolute atomic E-state index is 12.4. The van der Waals surface area contributed by atoms with Crippen LogP contribution in [0, 0.1) is 0 Å². The van der Waals surface area contributed by atoms with Crippen LogP contribution < -0.4 is 9.47 Å². The molecular weight excluding hydrogens is 408 g/mol. The van der Waals surface area contributed by atoms with E-state index in [1.807, 2.05) is 31.2 Å². The molecule has 7 nitrogen and oxygen atoms in total. The van der Waals surface area contributed by atoms with Gasteiger partial charge in [0.15, 0.2) is 9.84 Å². The van der Waals surface area contributed by atoms with Crippen molar-refractivity contribution in [2.45, 2.75) is 24.8 Å². The van der Waals surface area contributed by atoms with Crippen LogP contribution in [-0.4, -0.2) is 45.1 Å². The topological polar surface area (TPSA) is 99.1 Å². The van der Waals surface area contributed by atoms with Gasteiger partial charge < -0.3 is 19.3 Å². The molecule has 0 aliphatic carbocycles. The van der Waals surface area contributed by atoms with Crippen molar-refractivity contribution in [2.75, 3.05) is 25.6 Å². The number of fused-ring (bicyclic) bond motifs is 1. The van der Waals surface area contributed by atoms with E-state index >= 15 is 0 Å². The molecule has 8 heteroatoms. The molecule has 1 heterocycles. The van der Waals surface area contributed by atoms with Crippen LogP contribution in [0.2, 0.25) is 0 Å². The Morgan fingerprint density at radius 1 is 1.03 bits per heavy atom. The van der Waals surface area contributed by atoms with Gasteiger partial charge in [-0.25, -0.2) is 13.2 Å². The summed E-state index contributed by atoms with van der Waals surface area (Å²) < 4.78 is 41.4. The minimum Gasteiger partial charge on any atom is -0.491 e. The number of sulfone groups is 1. The zero-order chi connectivity index (χ0) is 21.6. The largest absolute Gasteiger partial charge is 0.491 e. The molecule has 0 amide bonds. The number of ether oxygens (including phenoxy) is 3. The molecule has 0 radical (unpaired) electrons. The lowest BCUT2D eigenvalue weighted by molar-refractivity contribution is -0.132. The third-order valence-corrected chi connectivity index (χ3v) is 6.37. The van der Waals surface area contributed by atoms with E-state index in [2.05, 4.69) is 0 Å². The summed E-state index contributed by atoms with van der Waals surface area (Å²) in [5.74, 6) is -0.144. The third-order valence-electron chi connectivity index (χ3n) is 4.59. The van der Waals surface area contributed by atoms with Crippen LogP contribution >= 0.6 is 0 Å². The van der Waals surface area contributed by atoms with E-state index in [-0.39, 0.29) is 29.2 Å². The molecular formula is C22H24O7S. The fourth-order valence-electron chi connectivity index (χ4n) is 3.01. The Morgan fingerprint density at radius 2 is 1.77 bits per heavy atom. The lowest BCUT2D eigenvalue weighted by Gasteiger charge is -2.11. The van der Waals surface area contributed by atoms with Gasteiger partial charge in [0.2, 0.25) is 0 Å². The second-order valence-electron chi connectivity index (χ2n) is 6.72. The van der Waals surface area contributed by atoms with Crippen LogP contribution in [0.5, 0.6) is 11.5 Å². The number of carbonyl (C=O) groups is 1. The zero-order valence-electron chi connectivity index (χ0n) is 16.7. The fourth-order valence-corrected chi connectivity index (χ4v) is 4.47. The summed E-state index contributed by atoms with van der Waals surface area (Å²) in [7, 11) is -3.54. The highest BCUT2D eigenvalue weighted by Gasteiger charge is 2.24. The maximum Gasteiger partial charge on any atom is 0.331 e. The Morgan fingerprint density at radius 3 is 2.47 bits per heavy atom. The summed E-state index contributed by atoms with van der Waals surface area (Å²) in [6.07, 6.45) is 1.38. The van der Waals surface area contributed by atoms with Gasteiger partial charge in [0, 0.05) is 12.2 Å². The molecule has 0 atom stereocenters.